The van der Waals surface area contributed by atoms with Crippen LogP contribution >= 0.6 is 0 Å². The Balaban J connectivity index is 2.74. The summed E-state index contributed by atoms with van der Waals surface area (Å²) in [6.07, 6.45) is 5.11. The van der Waals surface area contributed by atoms with Gasteiger partial charge in [0.2, 0.25) is 5.91 Å². The maximum atomic E-state index is 11.6. The first kappa shape index (κ1) is 16.9. The highest BCUT2D eigenvalue weighted by molar-refractivity contribution is 5.78. The molecule has 0 aliphatic rings. The van der Waals surface area contributed by atoms with Crippen LogP contribution in [-0.2, 0) is 11.3 Å². The zero-order valence-electron chi connectivity index (χ0n) is 13.0. The van der Waals surface area contributed by atoms with E-state index in [-0.39, 0.29) is 19.0 Å². The summed E-state index contributed by atoms with van der Waals surface area (Å²) in [6.45, 7) is 3.18. The minimum absolute atomic E-state index is 0.0893. The van der Waals surface area contributed by atoms with Gasteiger partial charge in [0.1, 0.15) is 0 Å². The minimum atomic E-state index is -0.0893. The van der Waals surface area contributed by atoms with Crippen molar-refractivity contribution in [3.05, 3.63) is 23.3 Å². The molecule has 0 radical (unpaired) electrons. The highest BCUT2D eigenvalue weighted by Gasteiger charge is 2.12. The van der Waals surface area contributed by atoms with E-state index in [2.05, 4.69) is 11.2 Å². The maximum Gasteiger partial charge on any atom is 0.234 e. The molecule has 0 saturated heterocycles. The van der Waals surface area contributed by atoms with Crippen LogP contribution in [0.3, 0.4) is 0 Å². The molecular formula is C16H22N2O3. The van der Waals surface area contributed by atoms with Crippen LogP contribution in [0.15, 0.2) is 12.1 Å². The third kappa shape index (κ3) is 5.01. The number of benzene rings is 1. The van der Waals surface area contributed by atoms with Gasteiger partial charge in [-0.05, 0) is 37.2 Å². The average Bonchev–Trinajstić information content (AvgIpc) is 2.46. The van der Waals surface area contributed by atoms with Crippen molar-refractivity contribution in [1.82, 2.24) is 10.2 Å². The van der Waals surface area contributed by atoms with Crippen molar-refractivity contribution in [3.8, 4) is 23.8 Å². The van der Waals surface area contributed by atoms with Crippen LogP contribution in [0.5, 0.6) is 11.5 Å². The molecule has 1 aromatic rings. The molecule has 0 unspecified atom stereocenters. The van der Waals surface area contributed by atoms with Crippen LogP contribution in [-0.4, -0.2) is 45.2 Å². The first-order chi connectivity index (χ1) is 10.0. The van der Waals surface area contributed by atoms with Gasteiger partial charge in [-0.25, -0.2) is 0 Å². The van der Waals surface area contributed by atoms with Crippen molar-refractivity contribution >= 4 is 5.91 Å². The van der Waals surface area contributed by atoms with Crippen molar-refractivity contribution in [2.24, 2.45) is 0 Å². The molecule has 0 aliphatic carbocycles. The lowest BCUT2D eigenvalue weighted by atomic mass is 10.1. The molecule has 1 rings (SSSR count). The highest BCUT2D eigenvalue weighted by atomic mass is 16.5. The number of carbonyl (C=O) groups is 1. The molecule has 5 heteroatoms. The molecular weight excluding hydrogens is 268 g/mol. The summed E-state index contributed by atoms with van der Waals surface area (Å²) < 4.78 is 10.6. The number of amides is 1. The van der Waals surface area contributed by atoms with Crippen molar-refractivity contribution < 1.29 is 14.3 Å². The summed E-state index contributed by atoms with van der Waals surface area (Å²) in [6, 6.07) is 3.87. The third-order valence-corrected chi connectivity index (χ3v) is 3.08. The lowest BCUT2D eigenvalue weighted by Gasteiger charge is -2.19. The van der Waals surface area contributed by atoms with Crippen LogP contribution in [0.25, 0.3) is 0 Å². The molecule has 0 atom stereocenters. The van der Waals surface area contributed by atoms with Crippen LogP contribution in [0.4, 0.5) is 0 Å². The van der Waals surface area contributed by atoms with E-state index >= 15 is 0 Å². The molecule has 0 fully saturated rings. The van der Waals surface area contributed by atoms with Crippen LogP contribution in [0, 0.1) is 19.3 Å². The quantitative estimate of drug-likeness (QED) is 0.767. The molecule has 0 heterocycles. The highest BCUT2D eigenvalue weighted by Crippen LogP contribution is 2.30. The number of carbonyl (C=O) groups excluding carboxylic acids is 1. The number of nitrogens with zero attached hydrogens (tertiary/aromatic N) is 1. The number of terminal acetylenes is 1. The molecule has 0 aliphatic heterocycles. The van der Waals surface area contributed by atoms with E-state index in [1.807, 2.05) is 31.0 Å². The van der Waals surface area contributed by atoms with Gasteiger partial charge in [-0.3, -0.25) is 9.69 Å². The first-order valence-electron chi connectivity index (χ1n) is 6.62. The number of hydrogen-bond donors (Lipinski definition) is 1. The maximum absolute atomic E-state index is 11.6. The zero-order chi connectivity index (χ0) is 15.8. The van der Waals surface area contributed by atoms with Crippen LogP contribution < -0.4 is 14.8 Å². The number of hydrogen-bond acceptors (Lipinski definition) is 4. The normalized spacial score (nSPS) is 10.1. The Labute approximate surface area is 126 Å². The summed E-state index contributed by atoms with van der Waals surface area (Å²) in [5, 5.41) is 2.64. The largest absolute Gasteiger partial charge is 0.493 e. The predicted octanol–water partition coefficient (Wildman–Crippen LogP) is 1.19. The summed E-state index contributed by atoms with van der Waals surface area (Å²) in [7, 11) is 5.10. The second-order valence-corrected chi connectivity index (χ2v) is 4.79. The predicted molar refractivity (Wildman–Crippen MR) is 82.5 cm³/mol. The van der Waals surface area contributed by atoms with E-state index in [4.69, 9.17) is 15.9 Å². The number of aryl methyl sites for hydroxylation is 1. The molecule has 0 spiro atoms. The fourth-order valence-corrected chi connectivity index (χ4v) is 1.99. The number of methoxy groups -OCH3 is 2. The van der Waals surface area contributed by atoms with Crippen molar-refractivity contribution in [1.29, 1.82) is 0 Å². The molecule has 1 amide bonds. The van der Waals surface area contributed by atoms with E-state index in [0.29, 0.717) is 18.0 Å². The Hall–Kier alpha value is -2.19. The van der Waals surface area contributed by atoms with Gasteiger partial charge in [-0.15, -0.1) is 6.42 Å². The van der Waals surface area contributed by atoms with E-state index in [1.54, 1.807) is 14.2 Å². The van der Waals surface area contributed by atoms with Crippen LogP contribution in [0.2, 0.25) is 0 Å². The van der Waals surface area contributed by atoms with Gasteiger partial charge in [0.05, 0.1) is 27.3 Å². The summed E-state index contributed by atoms with van der Waals surface area (Å²) >= 11 is 0. The molecule has 5 nitrogen and oxygen atoms in total. The number of rotatable bonds is 7. The topological polar surface area (TPSA) is 50.8 Å². The Morgan fingerprint density at radius 2 is 1.95 bits per heavy atom. The van der Waals surface area contributed by atoms with Gasteiger partial charge in [-0.1, -0.05) is 5.92 Å². The first-order valence-corrected chi connectivity index (χ1v) is 6.62. The Morgan fingerprint density at radius 1 is 1.33 bits per heavy atom. The molecule has 1 aromatic carbocycles. The third-order valence-electron chi connectivity index (χ3n) is 3.08. The fourth-order valence-electron chi connectivity index (χ4n) is 1.99. The van der Waals surface area contributed by atoms with Gasteiger partial charge in [-0.2, -0.15) is 0 Å². The Morgan fingerprint density at radius 3 is 2.52 bits per heavy atom. The summed E-state index contributed by atoms with van der Waals surface area (Å²) in [5.74, 6) is 3.67. The van der Waals surface area contributed by atoms with E-state index in [9.17, 15) is 4.79 Å². The van der Waals surface area contributed by atoms with Crippen LogP contribution in [0.1, 0.15) is 11.1 Å². The fraction of sp³-hybridized carbons (Fsp3) is 0.438. The molecule has 0 aromatic heterocycles. The van der Waals surface area contributed by atoms with Crippen molar-refractivity contribution in [2.75, 3.05) is 34.4 Å². The van der Waals surface area contributed by atoms with Crippen molar-refractivity contribution in [2.45, 2.75) is 13.5 Å². The molecule has 0 bridgehead atoms. The second-order valence-electron chi connectivity index (χ2n) is 4.79. The smallest absolute Gasteiger partial charge is 0.234 e. The monoisotopic (exact) mass is 290 g/mol. The summed E-state index contributed by atoms with van der Waals surface area (Å²) in [5.41, 5.74) is 2.17. The van der Waals surface area contributed by atoms with Gasteiger partial charge in [0, 0.05) is 6.54 Å². The standard InChI is InChI=1S/C16H22N2O3/c1-6-7-17-16(19)11-18(3)10-13-9-15(21-5)14(20-4)8-12(13)2/h1,8-9H,7,10-11H2,2-5H3,(H,17,19). The molecule has 1 N–H and O–H groups in total. The minimum Gasteiger partial charge on any atom is -0.493 e. The molecule has 21 heavy (non-hydrogen) atoms. The number of nitrogens with one attached hydrogen (secondary N) is 1. The average molecular weight is 290 g/mol. The van der Waals surface area contributed by atoms with Gasteiger partial charge in [0.15, 0.2) is 11.5 Å². The Bertz CT molecular complexity index is 535. The van der Waals surface area contributed by atoms with Gasteiger partial charge < -0.3 is 14.8 Å². The number of likely N-dealkylation sites (N-methyl/N-ethyl adjacent to an activating group) is 1. The summed E-state index contributed by atoms with van der Waals surface area (Å²) in [4.78, 5) is 13.5. The van der Waals surface area contributed by atoms with Gasteiger partial charge >= 0.3 is 0 Å². The van der Waals surface area contributed by atoms with E-state index in [0.717, 1.165) is 11.1 Å². The molecule has 0 saturated carbocycles. The van der Waals surface area contributed by atoms with E-state index < -0.39 is 0 Å². The van der Waals surface area contributed by atoms with Gasteiger partial charge in [0.25, 0.3) is 0 Å². The van der Waals surface area contributed by atoms with Crippen molar-refractivity contribution in [3.63, 3.8) is 0 Å². The Kier molecular flexibility index (Phi) is 6.57. The number of ether oxygens (including phenoxy) is 2. The SMILES string of the molecule is C#CCNC(=O)CN(C)Cc1cc(OC)c(OC)cc1C. The lowest BCUT2D eigenvalue weighted by Crippen LogP contribution is -2.35. The second kappa shape index (κ2) is 8.18. The zero-order valence-corrected chi connectivity index (χ0v) is 13.0. The lowest BCUT2D eigenvalue weighted by molar-refractivity contribution is -0.121. The van der Waals surface area contributed by atoms with E-state index in [1.165, 1.54) is 0 Å². The molecule has 114 valence electrons.